The predicted molar refractivity (Wildman–Crippen MR) is 46.4 cm³/mol. The van der Waals surface area contributed by atoms with Crippen LogP contribution in [0.1, 0.15) is 20.8 Å². The molecule has 0 bridgehead atoms. The molecule has 1 unspecified atom stereocenters. The highest BCUT2D eigenvalue weighted by Crippen LogP contribution is 2.02. The van der Waals surface area contributed by atoms with Gasteiger partial charge in [-0.25, -0.2) is 0 Å². The molecule has 0 spiro atoms. The molecule has 0 aromatic carbocycles. The van der Waals surface area contributed by atoms with Crippen LogP contribution in [0.4, 0.5) is 0 Å². The van der Waals surface area contributed by atoms with E-state index in [0.717, 1.165) is 0 Å². The van der Waals surface area contributed by atoms with Gasteiger partial charge in [-0.3, -0.25) is 9.59 Å². The second-order valence-electron chi connectivity index (χ2n) is 2.40. The Morgan fingerprint density at radius 1 is 1.45 bits per heavy atom. The Labute approximate surface area is 70.9 Å². The molecule has 11 heavy (non-hydrogen) atoms. The lowest BCUT2D eigenvalue weighted by Crippen LogP contribution is -2.32. The van der Waals surface area contributed by atoms with Crippen LogP contribution >= 0.6 is 11.8 Å². The zero-order chi connectivity index (χ0) is 8.85. The van der Waals surface area contributed by atoms with Gasteiger partial charge in [0.15, 0.2) is 5.12 Å². The van der Waals surface area contributed by atoms with Crippen LogP contribution in [0.2, 0.25) is 0 Å². The van der Waals surface area contributed by atoms with Gasteiger partial charge in [0.25, 0.3) is 0 Å². The van der Waals surface area contributed by atoms with Crippen LogP contribution in [0.25, 0.3) is 0 Å². The minimum atomic E-state index is -0.0540. The summed E-state index contributed by atoms with van der Waals surface area (Å²) in [6.45, 7) is 4.86. The molecule has 0 saturated carbocycles. The minimum absolute atomic E-state index is 0.0540. The molecule has 3 nitrogen and oxygen atoms in total. The van der Waals surface area contributed by atoms with E-state index < -0.39 is 0 Å². The molecule has 0 aliphatic carbocycles. The number of rotatable bonds is 3. The lowest BCUT2D eigenvalue weighted by Gasteiger charge is -2.09. The van der Waals surface area contributed by atoms with Crippen LogP contribution in [-0.2, 0) is 9.59 Å². The van der Waals surface area contributed by atoms with Crippen molar-refractivity contribution in [2.75, 3.05) is 5.75 Å². The van der Waals surface area contributed by atoms with Gasteiger partial charge in [0, 0.05) is 25.6 Å². The Morgan fingerprint density at radius 2 is 2.00 bits per heavy atom. The zero-order valence-corrected chi connectivity index (χ0v) is 7.83. The third kappa shape index (κ3) is 7.39. The molecule has 0 rings (SSSR count). The lowest BCUT2D eigenvalue weighted by molar-refractivity contribution is -0.119. The highest BCUT2D eigenvalue weighted by atomic mass is 32.2. The fraction of sp³-hybridized carbons (Fsp3) is 0.714. The third-order valence-corrected chi connectivity index (χ3v) is 2.06. The van der Waals surface area contributed by atoms with Crippen molar-refractivity contribution in [3.8, 4) is 0 Å². The second kappa shape index (κ2) is 5.18. The summed E-state index contributed by atoms with van der Waals surface area (Å²) in [7, 11) is 0. The number of amides is 1. The van der Waals surface area contributed by atoms with Crippen molar-refractivity contribution >= 4 is 22.8 Å². The number of hydrogen-bond acceptors (Lipinski definition) is 3. The molecule has 0 aromatic heterocycles. The molecule has 0 fully saturated rings. The third-order valence-electron chi connectivity index (χ3n) is 0.986. The maximum absolute atomic E-state index is 10.5. The number of hydrogen-bond donors (Lipinski definition) is 1. The van der Waals surface area contributed by atoms with Gasteiger partial charge in [0.05, 0.1) is 0 Å². The first-order valence-electron chi connectivity index (χ1n) is 3.43. The summed E-state index contributed by atoms with van der Waals surface area (Å²) in [5.74, 6) is 0.594. The van der Waals surface area contributed by atoms with E-state index in [2.05, 4.69) is 5.32 Å². The number of nitrogens with one attached hydrogen (secondary N) is 1. The smallest absolute Gasteiger partial charge is 0.217 e. The fourth-order valence-corrected chi connectivity index (χ4v) is 1.20. The molecule has 0 aromatic rings. The van der Waals surface area contributed by atoms with Gasteiger partial charge in [-0.05, 0) is 6.92 Å². The molecule has 0 heterocycles. The van der Waals surface area contributed by atoms with Crippen molar-refractivity contribution in [3.05, 3.63) is 0 Å². The summed E-state index contributed by atoms with van der Waals surface area (Å²) in [6, 6.07) is 0.0707. The lowest BCUT2D eigenvalue weighted by atomic mass is 10.4. The van der Waals surface area contributed by atoms with Crippen LogP contribution in [0.15, 0.2) is 0 Å². The molecule has 64 valence electrons. The van der Waals surface area contributed by atoms with Gasteiger partial charge in [-0.2, -0.15) is 0 Å². The number of thioether (sulfide) groups is 1. The van der Waals surface area contributed by atoms with Crippen molar-refractivity contribution in [2.45, 2.75) is 26.8 Å². The fourth-order valence-electron chi connectivity index (χ4n) is 0.631. The first-order valence-corrected chi connectivity index (χ1v) is 4.41. The average molecular weight is 175 g/mol. The Bertz CT molecular complexity index is 159. The zero-order valence-electron chi connectivity index (χ0n) is 7.01. The summed E-state index contributed by atoms with van der Waals surface area (Å²) in [5, 5.41) is 2.77. The van der Waals surface area contributed by atoms with E-state index in [1.807, 2.05) is 6.92 Å². The van der Waals surface area contributed by atoms with Gasteiger partial charge in [0.2, 0.25) is 5.91 Å². The van der Waals surface area contributed by atoms with Crippen molar-refractivity contribution in [3.63, 3.8) is 0 Å². The summed E-state index contributed by atoms with van der Waals surface area (Å²) in [4.78, 5) is 21.0. The largest absolute Gasteiger partial charge is 0.353 e. The first kappa shape index (κ1) is 10.5. The van der Waals surface area contributed by atoms with Gasteiger partial charge in [-0.15, -0.1) is 0 Å². The molecular weight excluding hydrogens is 162 g/mol. The Morgan fingerprint density at radius 3 is 2.36 bits per heavy atom. The van der Waals surface area contributed by atoms with E-state index in [4.69, 9.17) is 0 Å². The van der Waals surface area contributed by atoms with Crippen LogP contribution in [0, 0.1) is 0 Å². The van der Waals surface area contributed by atoms with Crippen molar-refractivity contribution in [2.24, 2.45) is 0 Å². The topological polar surface area (TPSA) is 46.2 Å². The van der Waals surface area contributed by atoms with E-state index in [-0.39, 0.29) is 17.1 Å². The minimum Gasteiger partial charge on any atom is -0.353 e. The molecule has 0 saturated heterocycles. The summed E-state index contributed by atoms with van der Waals surface area (Å²) in [5.41, 5.74) is 0. The monoisotopic (exact) mass is 175 g/mol. The van der Waals surface area contributed by atoms with E-state index >= 15 is 0 Å². The number of carbonyl (C=O) groups excluding carboxylic acids is 2. The van der Waals surface area contributed by atoms with Crippen LogP contribution in [0.5, 0.6) is 0 Å². The molecule has 0 radical (unpaired) electrons. The maximum Gasteiger partial charge on any atom is 0.217 e. The van der Waals surface area contributed by atoms with Crippen molar-refractivity contribution in [1.82, 2.24) is 5.32 Å². The molecule has 1 N–H and O–H groups in total. The molecular formula is C7H13NO2S. The van der Waals surface area contributed by atoms with Crippen LogP contribution in [-0.4, -0.2) is 22.8 Å². The molecule has 0 aliphatic rings. The van der Waals surface area contributed by atoms with E-state index in [9.17, 15) is 9.59 Å². The summed E-state index contributed by atoms with van der Waals surface area (Å²) < 4.78 is 0. The van der Waals surface area contributed by atoms with Crippen molar-refractivity contribution < 1.29 is 9.59 Å². The van der Waals surface area contributed by atoms with Crippen LogP contribution in [0.3, 0.4) is 0 Å². The maximum atomic E-state index is 10.5. The standard InChI is InChI=1S/C7H13NO2S/c1-5(8-6(2)9)4-11-7(3)10/h5H,4H2,1-3H3,(H,8,9). The van der Waals surface area contributed by atoms with E-state index in [0.29, 0.717) is 5.75 Å². The number of carbonyl (C=O) groups is 2. The van der Waals surface area contributed by atoms with E-state index in [1.165, 1.54) is 25.6 Å². The first-order chi connectivity index (χ1) is 5.02. The predicted octanol–water partition coefficient (Wildman–Crippen LogP) is 0.791. The quantitative estimate of drug-likeness (QED) is 0.690. The Balaban J connectivity index is 3.44. The second-order valence-corrected chi connectivity index (χ2v) is 3.60. The average Bonchev–Trinajstić information content (AvgIpc) is 1.82. The highest BCUT2D eigenvalue weighted by Gasteiger charge is 2.04. The van der Waals surface area contributed by atoms with Crippen LogP contribution < -0.4 is 5.32 Å². The summed E-state index contributed by atoms with van der Waals surface area (Å²) in [6.07, 6.45) is 0. The molecule has 4 heteroatoms. The highest BCUT2D eigenvalue weighted by molar-refractivity contribution is 8.13. The summed E-state index contributed by atoms with van der Waals surface area (Å²) >= 11 is 1.23. The Hall–Kier alpha value is -0.510. The van der Waals surface area contributed by atoms with Gasteiger partial charge in [-0.1, -0.05) is 11.8 Å². The Kier molecular flexibility index (Phi) is 4.94. The van der Waals surface area contributed by atoms with Gasteiger partial charge >= 0.3 is 0 Å². The van der Waals surface area contributed by atoms with E-state index in [1.54, 1.807) is 0 Å². The molecule has 0 aliphatic heterocycles. The van der Waals surface area contributed by atoms with Gasteiger partial charge < -0.3 is 5.32 Å². The molecule has 1 amide bonds. The van der Waals surface area contributed by atoms with Crippen molar-refractivity contribution in [1.29, 1.82) is 0 Å². The van der Waals surface area contributed by atoms with Gasteiger partial charge in [0.1, 0.15) is 0 Å². The normalized spacial score (nSPS) is 12.3. The SMILES string of the molecule is CC(=O)NC(C)CSC(C)=O. The molecule has 1 atom stereocenters.